The lowest BCUT2D eigenvalue weighted by Crippen LogP contribution is -2.31. The smallest absolute Gasteiger partial charge is 0.182 e. The van der Waals surface area contributed by atoms with E-state index in [1.54, 1.807) is 6.07 Å². The second-order valence-corrected chi connectivity index (χ2v) is 5.49. The summed E-state index contributed by atoms with van der Waals surface area (Å²) in [4.78, 5) is 13.2. The average Bonchev–Trinajstić information content (AvgIpc) is 2.61. The number of hydrogen-bond acceptors (Lipinski definition) is 4. The Labute approximate surface area is 143 Å². The Bertz CT molecular complexity index is 687. The summed E-state index contributed by atoms with van der Waals surface area (Å²) in [6, 6.07) is 3.75. The summed E-state index contributed by atoms with van der Waals surface area (Å²) >= 11 is 0. The van der Waals surface area contributed by atoms with Gasteiger partial charge in [0.15, 0.2) is 5.88 Å². The van der Waals surface area contributed by atoms with E-state index in [0.717, 1.165) is 24.1 Å². The van der Waals surface area contributed by atoms with Gasteiger partial charge in [-0.15, -0.1) is 4.91 Å². The largest absolute Gasteiger partial charge is 0.480 e. The molecule has 0 N–H and O–H groups in total. The van der Waals surface area contributed by atoms with Crippen LogP contribution < -0.4 is 0 Å². The molecule has 0 spiro atoms. The van der Waals surface area contributed by atoms with Gasteiger partial charge in [-0.2, -0.15) is 0 Å². The zero-order valence-electron chi connectivity index (χ0n) is 14.4. The number of ether oxygens (including phenoxy) is 1. The first kappa shape index (κ1) is 17.7. The molecule has 0 unspecified atom stereocenters. The van der Waals surface area contributed by atoms with Gasteiger partial charge in [0.2, 0.25) is 0 Å². The van der Waals surface area contributed by atoms with E-state index in [-0.39, 0.29) is 0 Å². The third kappa shape index (κ3) is 4.22. The maximum Gasteiger partial charge on any atom is 0.182 e. The average molecular weight is 324 g/mol. The van der Waals surface area contributed by atoms with E-state index in [1.165, 1.54) is 5.56 Å². The van der Waals surface area contributed by atoms with Crippen LogP contribution in [0.1, 0.15) is 30.5 Å². The molecule has 1 heterocycles. The molecule has 24 heavy (non-hydrogen) atoms. The fourth-order valence-electron chi connectivity index (χ4n) is 2.80. The van der Waals surface area contributed by atoms with Crippen molar-refractivity contribution in [3.8, 4) is 0 Å². The van der Waals surface area contributed by atoms with Crippen molar-refractivity contribution >= 4 is 11.8 Å². The maximum absolute atomic E-state index is 11.2. The van der Waals surface area contributed by atoms with Crippen molar-refractivity contribution in [1.82, 2.24) is 4.90 Å². The van der Waals surface area contributed by atoms with Crippen LogP contribution >= 0.6 is 0 Å². The minimum atomic E-state index is 0.501. The summed E-state index contributed by atoms with van der Waals surface area (Å²) in [6.45, 7) is 9.89. The van der Waals surface area contributed by atoms with Crippen molar-refractivity contribution < 1.29 is 4.74 Å². The number of benzene rings is 1. The fourth-order valence-corrected chi connectivity index (χ4v) is 2.80. The van der Waals surface area contributed by atoms with Crippen LogP contribution in [-0.2, 0) is 17.7 Å². The van der Waals surface area contributed by atoms with Gasteiger partial charge in [-0.3, -0.25) is 0 Å². The van der Waals surface area contributed by atoms with Crippen LogP contribution in [-0.4, -0.2) is 18.1 Å². The monoisotopic (exact) mass is 324 g/mol. The standard InChI is InChI=1S/C20H24N2O2/c1-4-6-7-8-9-10-17-11-12-20(21-23)19-15-22(14-13-18(17)19)16(3)24-5-2/h4,6-12H,3,5,13-15H2,1-2H3/b6-4-,8-7-,10-9+. The maximum atomic E-state index is 11.2. The van der Waals surface area contributed by atoms with Gasteiger partial charge in [0.05, 0.1) is 6.61 Å². The Morgan fingerprint density at radius 1 is 1.29 bits per heavy atom. The van der Waals surface area contributed by atoms with E-state index in [9.17, 15) is 4.91 Å². The second-order valence-electron chi connectivity index (χ2n) is 5.49. The molecule has 2 rings (SSSR count). The van der Waals surface area contributed by atoms with E-state index in [2.05, 4.69) is 22.7 Å². The van der Waals surface area contributed by atoms with Crippen molar-refractivity contribution in [2.45, 2.75) is 26.8 Å². The van der Waals surface area contributed by atoms with Crippen LogP contribution in [0.25, 0.3) is 6.08 Å². The molecule has 126 valence electrons. The van der Waals surface area contributed by atoms with Gasteiger partial charge < -0.3 is 9.64 Å². The Hall–Kier alpha value is -2.62. The summed E-state index contributed by atoms with van der Waals surface area (Å²) in [5.41, 5.74) is 3.78. The van der Waals surface area contributed by atoms with Crippen molar-refractivity contribution in [1.29, 1.82) is 0 Å². The third-order valence-corrected chi connectivity index (χ3v) is 3.99. The predicted molar refractivity (Wildman–Crippen MR) is 99.8 cm³/mol. The summed E-state index contributed by atoms with van der Waals surface area (Å²) in [5.74, 6) is 0.648. The molecule has 0 amide bonds. The number of nitrogens with zero attached hydrogens (tertiary/aromatic N) is 2. The number of fused-ring (bicyclic) bond motifs is 1. The molecule has 0 radical (unpaired) electrons. The first-order valence-corrected chi connectivity index (χ1v) is 8.22. The summed E-state index contributed by atoms with van der Waals surface area (Å²) < 4.78 is 5.50. The van der Waals surface area contributed by atoms with Crippen LogP contribution in [0.5, 0.6) is 0 Å². The lowest BCUT2D eigenvalue weighted by atomic mass is 9.93. The topological polar surface area (TPSA) is 41.9 Å². The number of rotatable bonds is 7. The second kappa shape index (κ2) is 8.87. The fraction of sp³-hybridized carbons (Fsp3) is 0.300. The van der Waals surface area contributed by atoms with Gasteiger partial charge in [0.1, 0.15) is 5.69 Å². The third-order valence-electron chi connectivity index (χ3n) is 3.99. The molecule has 4 heteroatoms. The van der Waals surface area contributed by atoms with Gasteiger partial charge in [-0.25, -0.2) is 0 Å². The molecule has 0 aliphatic carbocycles. The quantitative estimate of drug-likeness (QED) is 0.398. The summed E-state index contributed by atoms with van der Waals surface area (Å²) in [6.07, 6.45) is 12.9. The van der Waals surface area contributed by atoms with E-state index in [4.69, 9.17) is 4.74 Å². The Kier molecular flexibility index (Phi) is 6.55. The molecule has 0 fully saturated rings. The van der Waals surface area contributed by atoms with E-state index in [0.29, 0.717) is 24.7 Å². The molecular formula is C20H24N2O2. The molecule has 1 aliphatic rings. The lowest BCUT2D eigenvalue weighted by molar-refractivity contribution is 0.114. The molecule has 0 bridgehead atoms. The molecule has 1 aromatic carbocycles. The van der Waals surface area contributed by atoms with Gasteiger partial charge in [-0.05, 0) is 49.2 Å². The highest BCUT2D eigenvalue weighted by atomic mass is 16.5. The highest BCUT2D eigenvalue weighted by molar-refractivity contribution is 5.64. The zero-order valence-corrected chi connectivity index (χ0v) is 14.4. The van der Waals surface area contributed by atoms with Crippen molar-refractivity contribution in [2.24, 2.45) is 5.18 Å². The van der Waals surface area contributed by atoms with Crippen LogP contribution in [0.4, 0.5) is 5.69 Å². The Morgan fingerprint density at radius 3 is 2.79 bits per heavy atom. The van der Waals surface area contributed by atoms with Gasteiger partial charge in [-0.1, -0.05) is 42.5 Å². The first-order valence-electron chi connectivity index (χ1n) is 8.22. The van der Waals surface area contributed by atoms with Crippen molar-refractivity contribution in [3.63, 3.8) is 0 Å². The lowest BCUT2D eigenvalue weighted by Gasteiger charge is -2.32. The summed E-state index contributed by atoms with van der Waals surface area (Å²) in [7, 11) is 0. The number of allylic oxidation sites excluding steroid dienone is 5. The molecular weight excluding hydrogens is 300 g/mol. The molecule has 0 aromatic heterocycles. The van der Waals surface area contributed by atoms with Crippen LogP contribution in [0.3, 0.4) is 0 Å². The Morgan fingerprint density at radius 2 is 2.08 bits per heavy atom. The normalized spacial score (nSPS) is 14.5. The number of nitroso groups, excluding NO2 is 1. The SMILES string of the molecule is C=C(OCC)N1CCc2c(/C=C/C=C\C=C/C)ccc(N=O)c2C1. The van der Waals surface area contributed by atoms with Crippen molar-refractivity contribution in [3.05, 3.63) is 76.6 Å². The minimum absolute atomic E-state index is 0.501. The molecule has 0 atom stereocenters. The van der Waals surface area contributed by atoms with Crippen molar-refractivity contribution in [2.75, 3.05) is 13.2 Å². The van der Waals surface area contributed by atoms with Crippen LogP contribution in [0, 0.1) is 4.91 Å². The predicted octanol–water partition coefficient (Wildman–Crippen LogP) is 5.10. The van der Waals surface area contributed by atoms with Crippen LogP contribution in [0.2, 0.25) is 0 Å². The molecule has 1 aliphatic heterocycles. The van der Waals surface area contributed by atoms with E-state index >= 15 is 0 Å². The highest BCUT2D eigenvalue weighted by Crippen LogP contribution is 2.33. The van der Waals surface area contributed by atoms with Gasteiger partial charge >= 0.3 is 0 Å². The van der Waals surface area contributed by atoms with Gasteiger partial charge in [0, 0.05) is 18.7 Å². The first-order chi connectivity index (χ1) is 11.7. The number of hydrogen-bond donors (Lipinski definition) is 0. The molecule has 0 saturated carbocycles. The Balaban J connectivity index is 2.28. The van der Waals surface area contributed by atoms with E-state index < -0.39 is 0 Å². The minimum Gasteiger partial charge on any atom is -0.480 e. The molecule has 4 nitrogen and oxygen atoms in total. The molecule has 0 saturated heterocycles. The van der Waals surface area contributed by atoms with Gasteiger partial charge in [0.25, 0.3) is 0 Å². The highest BCUT2D eigenvalue weighted by Gasteiger charge is 2.22. The van der Waals surface area contributed by atoms with Crippen LogP contribution in [0.15, 0.2) is 60.2 Å². The van der Waals surface area contributed by atoms with E-state index in [1.807, 2.05) is 50.3 Å². The molecule has 1 aromatic rings. The summed E-state index contributed by atoms with van der Waals surface area (Å²) in [5, 5.41) is 3.19. The zero-order chi connectivity index (χ0) is 17.4.